The SMILES string of the molecule is C=C/C(=C\C=C/C)N(C)CCCCc1ccc(CNc2ccc(CCC(=O)O)c(F)c2)nc1. The van der Waals surface area contributed by atoms with Crippen LogP contribution in [0.1, 0.15) is 43.0 Å². The Hall–Kier alpha value is -3.41. The Kier molecular flexibility index (Phi) is 10.9. The van der Waals surface area contributed by atoms with Gasteiger partial charge in [0.2, 0.25) is 0 Å². The van der Waals surface area contributed by atoms with E-state index in [0.717, 1.165) is 37.2 Å². The summed E-state index contributed by atoms with van der Waals surface area (Å²) in [5, 5.41) is 11.9. The number of likely N-dealkylation sites (N-methyl/N-ethyl adjacent to an activating group) is 1. The van der Waals surface area contributed by atoms with Gasteiger partial charge in [-0.15, -0.1) is 0 Å². The highest BCUT2D eigenvalue weighted by Gasteiger charge is 2.07. The fourth-order valence-electron chi connectivity index (χ4n) is 3.35. The van der Waals surface area contributed by atoms with Crippen LogP contribution in [0, 0.1) is 5.82 Å². The normalized spacial score (nSPS) is 11.5. The van der Waals surface area contributed by atoms with E-state index in [1.807, 2.05) is 37.4 Å². The first-order valence-electron chi connectivity index (χ1n) is 11.3. The van der Waals surface area contributed by atoms with E-state index in [9.17, 15) is 9.18 Å². The molecule has 0 radical (unpaired) electrons. The summed E-state index contributed by atoms with van der Waals surface area (Å²) in [6.45, 7) is 7.33. The molecule has 0 bridgehead atoms. The molecule has 6 heteroatoms. The van der Waals surface area contributed by atoms with E-state index in [2.05, 4.69) is 41.0 Å². The highest BCUT2D eigenvalue weighted by molar-refractivity contribution is 5.67. The van der Waals surface area contributed by atoms with E-state index < -0.39 is 11.8 Å². The number of carbonyl (C=O) groups is 1. The number of nitrogens with zero attached hydrogens (tertiary/aromatic N) is 2. The minimum absolute atomic E-state index is 0.0832. The average molecular weight is 452 g/mol. The smallest absolute Gasteiger partial charge is 0.303 e. The van der Waals surface area contributed by atoms with Gasteiger partial charge in [-0.25, -0.2) is 4.39 Å². The van der Waals surface area contributed by atoms with Gasteiger partial charge in [0.15, 0.2) is 0 Å². The molecule has 0 atom stereocenters. The molecular formula is C27H34FN3O2. The van der Waals surface area contributed by atoms with E-state index in [-0.39, 0.29) is 12.8 Å². The lowest BCUT2D eigenvalue weighted by atomic mass is 10.1. The first-order chi connectivity index (χ1) is 15.9. The molecule has 5 nitrogen and oxygen atoms in total. The fourth-order valence-corrected chi connectivity index (χ4v) is 3.35. The lowest BCUT2D eigenvalue weighted by Gasteiger charge is -2.20. The van der Waals surface area contributed by atoms with Crippen LogP contribution in [0.3, 0.4) is 0 Å². The molecule has 0 spiro atoms. The number of nitrogens with one attached hydrogen (secondary N) is 1. The Bertz CT molecular complexity index is 968. The number of allylic oxidation sites excluding steroid dienone is 4. The number of hydrogen-bond acceptors (Lipinski definition) is 4. The van der Waals surface area contributed by atoms with Crippen LogP contribution in [0.15, 0.2) is 73.1 Å². The zero-order chi connectivity index (χ0) is 24.1. The van der Waals surface area contributed by atoms with Gasteiger partial charge >= 0.3 is 5.97 Å². The number of halogens is 1. The van der Waals surface area contributed by atoms with Crippen LogP contribution in [0.25, 0.3) is 0 Å². The van der Waals surface area contributed by atoms with Crippen molar-refractivity contribution < 1.29 is 14.3 Å². The predicted octanol–water partition coefficient (Wildman–Crippen LogP) is 5.75. The van der Waals surface area contributed by atoms with Crippen molar-refractivity contribution in [3.63, 3.8) is 0 Å². The van der Waals surface area contributed by atoms with Crippen molar-refractivity contribution in [2.24, 2.45) is 0 Å². The number of aryl methyl sites for hydroxylation is 2. The number of aliphatic carboxylic acids is 1. The standard InChI is InChI=1S/C27H34FN3O2/c1-4-6-10-25(5-2)31(3)17-8-7-9-21-11-14-24(29-19-21)20-30-23-15-12-22(26(28)18-23)13-16-27(32)33/h4-6,10-12,14-15,18-19,30H,2,7-9,13,16-17,20H2,1,3H3,(H,32,33)/b6-4-,25-10+. The van der Waals surface area contributed by atoms with Gasteiger partial charge in [0, 0.05) is 37.6 Å². The van der Waals surface area contributed by atoms with Crippen molar-refractivity contribution in [1.82, 2.24) is 9.88 Å². The summed E-state index contributed by atoms with van der Waals surface area (Å²) in [6, 6.07) is 8.86. The van der Waals surface area contributed by atoms with Gasteiger partial charge in [-0.2, -0.15) is 0 Å². The van der Waals surface area contributed by atoms with E-state index in [1.54, 1.807) is 12.1 Å². The topological polar surface area (TPSA) is 65.5 Å². The minimum atomic E-state index is -0.933. The third-order valence-electron chi connectivity index (χ3n) is 5.34. The van der Waals surface area contributed by atoms with E-state index in [0.29, 0.717) is 17.8 Å². The van der Waals surface area contributed by atoms with Crippen LogP contribution in [0.5, 0.6) is 0 Å². The van der Waals surface area contributed by atoms with Crippen molar-refractivity contribution in [1.29, 1.82) is 0 Å². The summed E-state index contributed by atoms with van der Waals surface area (Å²) in [6.07, 6.45) is 13.1. The first kappa shape index (κ1) is 25.8. The van der Waals surface area contributed by atoms with Gasteiger partial charge in [-0.05, 0) is 74.1 Å². The Balaban J connectivity index is 1.76. The molecule has 176 valence electrons. The number of pyridine rings is 1. The van der Waals surface area contributed by atoms with Gasteiger partial charge in [0.05, 0.1) is 12.2 Å². The lowest BCUT2D eigenvalue weighted by Crippen LogP contribution is -2.17. The molecule has 0 fully saturated rings. The largest absolute Gasteiger partial charge is 0.481 e. The highest BCUT2D eigenvalue weighted by Crippen LogP contribution is 2.17. The van der Waals surface area contributed by atoms with Crippen LogP contribution in [0.2, 0.25) is 0 Å². The number of aromatic nitrogens is 1. The average Bonchev–Trinajstić information content (AvgIpc) is 2.81. The second-order valence-electron chi connectivity index (χ2n) is 7.91. The third kappa shape index (κ3) is 9.31. The summed E-state index contributed by atoms with van der Waals surface area (Å²) in [5.74, 6) is -1.33. The maximum absolute atomic E-state index is 14.1. The van der Waals surface area contributed by atoms with E-state index >= 15 is 0 Å². The summed E-state index contributed by atoms with van der Waals surface area (Å²) >= 11 is 0. The molecule has 2 rings (SSSR count). The monoisotopic (exact) mass is 451 g/mol. The second-order valence-corrected chi connectivity index (χ2v) is 7.91. The minimum Gasteiger partial charge on any atom is -0.481 e. The molecule has 2 N–H and O–H groups in total. The Morgan fingerprint density at radius 2 is 2.06 bits per heavy atom. The van der Waals surface area contributed by atoms with Gasteiger partial charge in [-0.1, -0.05) is 30.9 Å². The van der Waals surface area contributed by atoms with Gasteiger partial charge in [0.1, 0.15) is 5.82 Å². The number of anilines is 1. The van der Waals surface area contributed by atoms with Crippen molar-refractivity contribution in [2.45, 2.75) is 45.6 Å². The molecule has 0 aliphatic carbocycles. The number of carboxylic acids is 1. The number of unbranched alkanes of at least 4 members (excludes halogenated alkanes) is 1. The first-order valence-corrected chi connectivity index (χ1v) is 11.3. The molecule has 0 aliphatic rings. The van der Waals surface area contributed by atoms with Gasteiger partial charge in [0.25, 0.3) is 0 Å². The molecule has 33 heavy (non-hydrogen) atoms. The molecule has 2 aromatic rings. The molecule has 0 unspecified atom stereocenters. The highest BCUT2D eigenvalue weighted by atomic mass is 19.1. The summed E-state index contributed by atoms with van der Waals surface area (Å²) < 4.78 is 14.1. The van der Waals surface area contributed by atoms with Crippen molar-refractivity contribution in [3.05, 3.63) is 95.7 Å². The quantitative estimate of drug-likeness (QED) is 0.283. The Morgan fingerprint density at radius 3 is 2.70 bits per heavy atom. The molecule has 1 aromatic carbocycles. The van der Waals surface area contributed by atoms with Crippen molar-refractivity contribution in [3.8, 4) is 0 Å². The van der Waals surface area contributed by atoms with Crippen LogP contribution in [-0.2, 0) is 24.2 Å². The number of benzene rings is 1. The maximum Gasteiger partial charge on any atom is 0.303 e. The zero-order valence-electron chi connectivity index (χ0n) is 19.6. The maximum atomic E-state index is 14.1. The second kappa shape index (κ2) is 13.9. The van der Waals surface area contributed by atoms with E-state index in [4.69, 9.17) is 5.11 Å². The number of rotatable bonds is 14. The van der Waals surface area contributed by atoms with Gasteiger partial charge < -0.3 is 15.3 Å². The summed E-state index contributed by atoms with van der Waals surface area (Å²) in [5.41, 5.74) is 4.23. The molecule has 0 saturated heterocycles. The molecule has 0 saturated carbocycles. The molecule has 1 aromatic heterocycles. The van der Waals surface area contributed by atoms with Crippen molar-refractivity contribution >= 4 is 11.7 Å². The molecule has 1 heterocycles. The molecule has 0 aliphatic heterocycles. The van der Waals surface area contributed by atoms with Crippen LogP contribution < -0.4 is 5.32 Å². The fraction of sp³-hybridized carbons (Fsp3) is 0.333. The van der Waals surface area contributed by atoms with Crippen LogP contribution in [0.4, 0.5) is 10.1 Å². The number of carboxylic acid groups (broad SMARTS) is 1. The third-order valence-corrected chi connectivity index (χ3v) is 5.34. The summed E-state index contributed by atoms with van der Waals surface area (Å²) in [7, 11) is 2.08. The Morgan fingerprint density at radius 1 is 1.24 bits per heavy atom. The van der Waals surface area contributed by atoms with E-state index in [1.165, 1.54) is 11.6 Å². The Labute approximate surface area is 196 Å². The molecule has 0 amide bonds. The van der Waals surface area contributed by atoms with Crippen molar-refractivity contribution in [2.75, 3.05) is 18.9 Å². The number of hydrogen-bond donors (Lipinski definition) is 2. The van der Waals surface area contributed by atoms with Crippen LogP contribution in [-0.4, -0.2) is 34.6 Å². The van der Waals surface area contributed by atoms with Gasteiger partial charge in [-0.3, -0.25) is 9.78 Å². The zero-order valence-corrected chi connectivity index (χ0v) is 19.6. The van der Waals surface area contributed by atoms with Crippen LogP contribution >= 0.6 is 0 Å². The summed E-state index contributed by atoms with van der Waals surface area (Å²) in [4.78, 5) is 17.4. The lowest BCUT2D eigenvalue weighted by molar-refractivity contribution is -0.136. The predicted molar refractivity (Wildman–Crippen MR) is 133 cm³/mol. The molecular weight excluding hydrogens is 417 g/mol.